The van der Waals surface area contributed by atoms with Crippen molar-refractivity contribution in [1.29, 1.82) is 0 Å². The minimum absolute atomic E-state index is 0.0413. The molecule has 1 amide bonds. The molecule has 1 fully saturated rings. The lowest BCUT2D eigenvalue weighted by Crippen LogP contribution is -2.63. The summed E-state index contributed by atoms with van der Waals surface area (Å²) < 4.78 is 22.2. The molecule has 1 aromatic carbocycles. The Morgan fingerprint density at radius 2 is 1.93 bits per heavy atom. The number of aryl methyl sites for hydroxylation is 1. The van der Waals surface area contributed by atoms with E-state index in [2.05, 4.69) is 5.32 Å². The van der Waals surface area contributed by atoms with Crippen LogP contribution in [0.1, 0.15) is 26.3 Å². The van der Waals surface area contributed by atoms with Crippen LogP contribution in [0.2, 0.25) is 0 Å². The molecule has 0 spiro atoms. The molecular weight excluding hydrogens is 382 g/mol. The molecular formula is C20H25NO8. The van der Waals surface area contributed by atoms with Crippen LogP contribution >= 0.6 is 0 Å². The number of methoxy groups -OCH3 is 1. The number of aliphatic hydroxyl groups excluding tert-OH is 2. The third kappa shape index (κ3) is 3.99. The molecule has 1 aliphatic rings. The van der Waals surface area contributed by atoms with Gasteiger partial charge in [-0.2, -0.15) is 0 Å². The Hall–Kier alpha value is -2.46. The van der Waals surface area contributed by atoms with E-state index < -0.39 is 35.8 Å². The van der Waals surface area contributed by atoms with Gasteiger partial charge in [-0.15, -0.1) is 0 Å². The van der Waals surface area contributed by atoms with Gasteiger partial charge in [0.05, 0.1) is 5.60 Å². The highest BCUT2D eigenvalue weighted by atomic mass is 16.7. The van der Waals surface area contributed by atoms with Gasteiger partial charge in [-0.1, -0.05) is 0 Å². The highest BCUT2D eigenvalue weighted by molar-refractivity contribution is 5.91. The molecule has 158 valence electrons. The predicted molar refractivity (Wildman–Crippen MR) is 104 cm³/mol. The second kappa shape index (κ2) is 7.75. The average molecular weight is 407 g/mol. The first-order valence-electron chi connectivity index (χ1n) is 9.13. The summed E-state index contributed by atoms with van der Waals surface area (Å²) in [5.74, 6) is -0.0665. The van der Waals surface area contributed by atoms with E-state index in [4.69, 9.17) is 18.6 Å². The molecule has 1 aromatic heterocycles. The lowest BCUT2D eigenvalue weighted by Gasteiger charge is -2.46. The van der Waals surface area contributed by atoms with Crippen molar-refractivity contribution in [1.82, 2.24) is 0 Å². The summed E-state index contributed by atoms with van der Waals surface area (Å²) >= 11 is 0. The van der Waals surface area contributed by atoms with E-state index in [1.807, 2.05) is 0 Å². The van der Waals surface area contributed by atoms with Crippen molar-refractivity contribution in [2.24, 2.45) is 0 Å². The molecule has 3 N–H and O–H groups in total. The van der Waals surface area contributed by atoms with Crippen LogP contribution in [0.4, 0.5) is 5.69 Å². The fraction of sp³-hybridized carbons (Fsp3) is 0.500. The first kappa shape index (κ1) is 21.3. The summed E-state index contributed by atoms with van der Waals surface area (Å²) in [4.78, 5) is 23.4. The third-order valence-corrected chi connectivity index (χ3v) is 4.95. The molecule has 2 heterocycles. The first-order chi connectivity index (χ1) is 13.5. The van der Waals surface area contributed by atoms with Crippen LogP contribution < -0.4 is 15.7 Å². The SMILES string of the molecule is COC1[C@H](O)[C@H](O)[C@H](Oc2ccc3cc(NC(C)=O)c(=O)oc3c2C)OC1(C)C. The molecule has 4 atom stereocenters. The summed E-state index contributed by atoms with van der Waals surface area (Å²) in [7, 11) is 1.43. The van der Waals surface area contributed by atoms with E-state index >= 15 is 0 Å². The zero-order chi connectivity index (χ0) is 21.5. The number of carbonyl (C=O) groups is 1. The first-order valence-corrected chi connectivity index (χ1v) is 9.13. The number of amides is 1. The Morgan fingerprint density at radius 3 is 2.55 bits per heavy atom. The average Bonchev–Trinajstić information content (AvgIpc) is 2.63. The Balaban J connectivity index is 1.93. The maximum absolute atomic E-state index is 12.1. The molecule has 0 aliphatic carbocycles. The maximum atomic E-state index is 12.1. The van der Waals surface area contributed by atoms with Crippen LogP contribution in [0, 0.1) is 6.92 Å². The third-order valence-electron chi connectivity index (χ3n) is 4.95. The van der Waals surface area contributed by atoms with Crippen molar-refractivity contribution in [3.05, 3.63) is 34.2 Å². The van der Waals surface area contributed by atoms with Crippen LogP contribution in [0.5, 0.6) is 5.75 Å². The van der Waals surface area contributed by atoms with Gasteiger partial charge in [-0.25, -0.2) is 4.79 Å². The molecule has 3 rings (SSSR count). The zero-order valence-corrected chi connectivity index (χ0v) is 16.9. The van der Waals surface area contributed by atoms with E-state index in [0.29, 0.717) is 16.7 Å². The zero-order valence-electron chi connectivity index (χ0n) is 16.9. The van der Waals surface area contributed by atoms with E-state index in [-0.39, 0.29) is 17.2 Å². The number of hydrogen-bond donors (Lipinski definition) is 3. The van der Waals surface area contributed by atoms with Crippen LogP contribution in [-0.2, 0) is 14.3 Å². The predicted octanol–water partition coefficient (Wildman–Crippen LogP) is 1.31. The maximum Gasteiger partial charge on any atom is 0.360 e. The van der Waals surface area contributed by atoms with E-state index in [1.54, 1.807) is 32.9 Å². The summed E-state index contributed by atoms with van der Waals surface area (Å²) in [6.45, 7) is 6.43. The monoisotopic (exact) mass is 407 g/mol. The Bertz CT molecular complexity index is 982. The van der Waals surface area contributed by atoms with Crippen molar-refractivity contribution in [2.75, 3.05) is 12.4 Å². The van der Waals surface area contributed by atoms with Crippen LogP contribution in [0.3, 0.4) is 0 Å². The summed E-state index contributed by atoms with van der Waals surface area (Å²) in [6.07, 6.45) is -4.46. The quantitative estimate of drug-likeness (QED) is 0.648. The number of anilines is 1. The van der Waals surface area contributed by atoms with Gasteiger partial charge in [-0.3, -0.25) is 4.79 Å². The lowest BCUT2D eigenvalue weighted by atomic mass is 9.89. The molecule has 1 unspecified atom stereocenters. The number of rotatable bonds is 4. The molecule has 29 heavy (non-hydrogen) atoms. The number of hydrogen-bond acceptors (Lipinski definition) is 8. The summed E-state index contributed by atoms with van der Waals surface area (Å²) in [5.41, 5.74) is -0.781. The molecule has 1 aliphatic heterocycles. The van der Waals surface area contributed by atoms with Crippen LogP contribution in [0.25, 0.3) is 11.0 Å². The minimum atomic E-state index is -1.35. The number of benzene rings is 1. The van der Waals surface area contributed by atoms with Gasteiger partial charge < -0.3 is 34.2 Å². The number of carbonyl (C=O) groups excluding carboxylic acids is 1. The van der Waals surface area contributed by atoms with Crippen molar-refractivity contribution < 1.29 is 33.6 Å². The Kier molecular flexibility index (Phi) is 5.68. The highest BCUT2D eigenvalue weighted by Gasteiger charge is 2.50. The molecule has 9 nitrogen and oxygen atoms in total. The molecule has 2 aromatic rings. The number of aliphatic hydroxyl groups is 2. The topological polar surface area (TPSA) is 127 Å². The van der Waals surface area contributed by atoms with Gasteiger partial charge in [0.1, 0.15) is 35.3 Å². The van der Waals surface area contributed by atoms with Crippen LogP contribution in [-0.4, -0.2) is 53.4 Å². The van der Waals surface area contributed by atoms with Crippen LogP contribution in [0.15, 0.2) is 27.4 Å². The second-order valence-corrected chi connectivity index (χ2v) is 7.58. The van der Waals surface area contributed by atoms with E-state index in [0.717, 1.165) is 0 Å². The van der Waals surface area contributed by atoms with Crippen molar-refractivity contribution >= 4 is 22.6 Å². The standard InChI is InChI=1S/C20H25NO8/c1-9-13(27-19-15(24)14(23)17(26-5)20(3,4)29-19)7-6-11-8-12(21-10(2)22)18(25)28-16(9)11/h6-8,14-15,17,19,23-24H,1-5H3,(H,21,22)/t14-,15+,17?,19-/m1/s1. The van der Waals surface area contributed by atoms with E-state index in [1.165, 1.54) is 20.1 Å². The smallest absolute Gasteiger partial charge is 0.360 e. The number of ether oxygens (including phenoxy) is 3. The minimum Gasteiger partial charge on any atom is -0.462 e. The molecule has 9 heteroatoms. The highest BCUT2D eigenvalue weighted by Crippen LogP contribution is 2.34. The normalized spacial score (nSPS) is 26.3. The molecule has 0 bridgehead atoms. The van der Waals surface area contributed by atoms with E-state index in [9.17, 15) is 19.8 Å². The summed E-state index contributed by atoms with van der Waals surface area (Å²) in [6, 6.07) is 4.80. The number of nitrogens with one attached hydrogen (secondary N) is 1. The molecule has 1 saturated heterocycles. The molecule has 0 saturated carbocycles. The van der Waals surface area contributed by atoms with Gasteiger partial charge in [0, 0.05) is 25.0 Å². The van der Waals surface area contributed by atoms with Crippen molar-refractivity contribution in [3.8, 4) is 5.75 Å². The van der Waals surface area contributed by atoms with Crippen molar-refractivity contribution in [3.63, 3.8) is 0 Å². The van der Waals surface area contributed by atoms with Gasteiger partial charge in [0.2, 0.25) is 12.2 Å². The summed E-state index contributed by atoms with van der Waals surface area (Å²) in [5, 5.41) is 23.8. The van der Waals surface area contributed by atoms with Gasteiger partial charge in [0.15, 0.2) is 0 Å². The van der Waals surface area contributed by atoms with Gasteiger partial charge in [-0.05, 0) is 39.0 Å². The van der Waals surface area contributed by atoms with Crippen molar-refractivity contribution in [2.45, 2.75) is 57.9 Å². The second-order valence-electron chi connectivity index (χ2n) is 7.58. The Morgan fingerprint density at radius 1 is 1.24 bits per heavy atom. The Labute approximate surface area is 167 Å². The number of fused-ring (bicyclic) bond motifs is 1. The molecule has 0 radical (unpaired) electrons. The lowest BCUT2D eigenvalue weighted by molar-refractivity contribution is -0.306. The fourth-order valence-electron chi connectivity index (χ4n) is 3.54. The largest absolute Gasteiger partial charge is 0.462 e. The van der Waals surface area contributed by atoms with Gasteiger partial charge in [0.25, 0.3) is 0 Å². The fourth-order valence-corrected chi connectivity index (χ4v) is 3.54. The van der Waals surface area contributed by atoms with Gasteiger partial charge >= 0.3 is 5.63 Å².